The highest BCUT2D eigenvalue weighted by atomic mass is 16.4. The second-order valence-corrected chi connectivity index (χ2v) is 5.11. The van der Waals surface area contributed by atoms with Crippen LogP contribution in [0.2, 0.25) is 0 Å². The van der Waals surface area contributed by atoms with Crippen molar-refractivity contribution in [1.29, 1.82) is 0 Å². The molecule has 0 aliphatic rings. The summed E-state index contributed by atoms with van der Waals surface area (Å²) in [6.45, 7) is 2.10. The zero-order valence-corrected chi connectivity index (χ0v) is 12.3. The number of carboxylic acid groups (broad SMARTS) is 1. The van der Waals surface area contributed by atoms with Crippen LogP contribution in [0.1, 0.15) is 27.0 Å². The molecule has 0 fully saturated rings. The van der Waals surface area contributed by atoms with E-state index < -0.39 is 5.97 Å². The molecule has 0 aromatic heterocycles. The van der Waals surface area contributed by atoms with E-state index in [1.54, 1.807) is 30.3 Å². The van der Waals surface area contributed by atoms with Gasteiger partial charge in [-0.2, -0.15) is 0 Å². The van der Waals surface area contributed by atoms with E-state index in [1.807, 2.05) is 19.1 Å². The van der Waals surface area contributed by atoms with Crippen molar-refractivity contribution in [3.05, 3.63) is 64.7 Å². The predicted molar refractivity (Wildman–Crippen MR) is 84.8 cm³/mol. The maximum atomic E-state index is 12.4. The van der Waals surface area contributed by atoms with E-state index in [0.717, 1.165) is 5.56 Å². The van der Waals surface area contributed by atoms with Gasteiger partial charge in [-0.15, -0.1) is 0 Å². The third kappa shape index (κ3) is 3.93. The lowest BCUT2D eigenvalue weighted by Crippen LogP contribution is -2.22. The Balaban J connectivity index is 2.19. The minimum Gasteiger partial charge on any atom is -0.480 e. The first-order valence-electron chi connectivity index (χ1n) is 6.89. The monoisotopic (exact) mass is 298 g/mol. The van der Waals surface area contributed by atoms with Gasteiger partial charge in [-0.1, -0.05) is 29.8 Å². The molecule has 0 radical (unpaired) electrons. The zero-order valence-electron chi connectivity index (χ0n) is 12.3. The van der Waals surface area contributed by atoms with Gasteiger partial charge in [-0.25, -0.2) is 0 Å². The molecule has 2 aromatic carbocycles. The summed E-state index contributed by atoms with van der Waals surface area (Å²) in [6.07, 6.45) is 0. The second kappa shape index (κ2) is 6.87. The summed E-state index contributed by atoms with van der Waals surface area (Å²) in [5.41, 5.74) is 9.33. The SMILES string of the molecule is Cc1ccc(C(=O)c2ccc(N)c(CNCC(=O)O)c2)cc1. The second-order valence-electron chi connectivity index (χ2n) is 5.11. The number of ketones is 1. The number of nitrogens with one attached hydrogen (secondary N) is 1. The van der Waals surface area contributed by atoms with Gasteiger partial charge in [0, 0.05) is 23.4 Å². The van der Waals surface area contributed by atoms with Crippen molar-refractivity contribution in [1.82, 2.24) is 5.32 Å². The van der Waals surface area contributed by atoms with Gasteiger partial charge in [0.05, 0.1) is 6.54 Å². The lowest BCUT2D eigenvalue weighted by Gasteiger charge is -2.09. The summed E-state index contributed by atoms with van der Waals surface area (Å²) in [7, 11) is 0. The topological polar surface area (TPSA) is 92.4 Å². The van der Waals surface area contributed by atoms with Gasteiger partial charge in [0.15, 0.2) is 5.78 Å². The molecular weight excluding hydrogens is 280 g/mol. The van der Waals surface area contributed by atoms with Crippen LogP contribution in [0, 0.1) is 6.92 Å². The molecule has 4 N–H and O–H groups in total. The third-order valence-corrected chi connectivity index (χ3v) is 3.31. The Morgan fingerprint density at radius 2 is 1.73 bits per heavy atom. The first-order chi connectivity index (χ1) is 10.5. The summed E-state index contributed by atoms with van der Waals surface area (Å²) in [5.74, 6) is -1.02. The van der Waals surface area contributed by atoms with Crippen LogP contribution < -0.4 is 11.1 Å². The molecule has 2 aromatic rings. The minimum atomic E-state index is -0.939. The molecule has 0 heterocycles. The molecular formula is C17H18N2O3. The minimum absolute atomic E-state index is 0.0838. The molecule has 0 aliphatic heterocycles. The van der Waals surface area contributed by atoms with Crippen molar-refractivity contribution >= 4 is 17.4 Å². The molecule has 0 atom stereocenters. The quantitative estimate of drug-likeness (QED) is 0.560. The van der Waals surface area contributed by atoms with Crippen LogP contribution in [0.5, 0.6) is 0 Å². The lowest BCUT2D eigenvalue weighted by atomic mass is 9.99. The van der Waals surface area contributed by atoms with E-state index in [4.69, 9.17) is 10.8 Å². The van der Waals surface area contributed by atoms with Crippen LogP contribution in [0.15, 0.2) is 42.5 Å². The molecule has 5 heteroatoms. The van der Waals surface area contributed by atoms with E-state index in [-0.39, 0.29) is 12.3 Å². The predicted octanol–water partition coefficient (Wildman–Crippen LogP) is 1.98. The van der Waals surface area contributed by atoms with E-state index >= 15 is 0 Å². The number of aryl methyl sites for hydroxylation is 1. The number of carbonyl (C=O) groups is 2. The zero-order chi connectivity index (χ0) is 16.1. The molecule has 114 valence electrons. The number of anilines is 1. The van der Waals surface area contributed by atoms with Crippen molar-refractivity contribution in [2.75, 3.05) is 12.3 Å². The van der Waals surface area contributed by atoms with E-state index in [9.17, 15) is 9.59 Å². The molecule has 22 heavy (non-hydrogen) atoms. The van der Waals surface area contributed by atoms with E-state index in [0.29, 0.717) is 28.9 Å². The van der Waals surface area contributed by atoms with Crippen molar-refractivity contribution in [2.45, 2.75) is 13.5 Å². The Labute approximate surface area is 128 Å². The largest absolute Gasteiger partial charge is 0.480 e. The van der Waals surface area contributed by atoms with Crippen LogP contribution in [0.3, 0.4) is 0 Å². The van der Waals surface area contributed by atoms with Gasteiger partial charge in [-0.3, -0.25) is 9.59 Å². The molecule has 0 spiro atoms. The van der Waals surface area contributed by atoms with E-state index in [2.05, 4.69) is 5.32 Å². The van der Waals surface area contributed by atoms with Crippen LogP contribution in [0.25, 0.3) is 0 Å². The lowest BCUT2D eigenvalue weighted by molar-refractivity contribution is -0.136. The average molecular weight is 298 g/mol. The number of aliphatic carboxylic acids is 1. The van der Waals surface area contributed by atoms with Gasteiger partial charge < -0.3 is 16.2 Å². The summed E-state index contributed by atoms with van der Waals surface area (Å²) in [5, 5.41) is 11.4. The fourth-order valence-corrected chi connectivity index (χ4v) is 2.08. The average Bonchev–Trinajstić information content (AvgIpc) is 2.49. The van der Waals surface area contributed by atoms with Crippen LogP contribution in [-0.2, 0) is 11.3 Å². The Morgan fingerprint density at radius 3 is 2.36 bits per heavy atom. The van der Waals surface area contributed by atoms with Gasteiger partial charge in [0.25, 0.3) is 0 Å². The molecule has 0 amide bonds. The summed E-state index contributed by atoms with van der Waals surface area (Å²) in [6, 6.07) is 12.4. The van der Waals surface area contributed by atoms with Gasteiger partial charge in [0.2, 0.25) is 0 Å². The molecule has 0 unspecified atom stereocenters. The number of hydrogen-bond donors (Lipinski definition) is 3. The summed E-state index contributed by atoms with van der Waals surface area (Å²) in [4.78, 5) is 23.0. The first-order valence-corrected chi connectivity index (χ1v) is 6.89. The van der Waals surface area contributed by atoms with Gasteiger partial charge >= 0.3 is 5.97 Å². The van der Waals surface area contributed by atoms with Gasteiger partial charge in [0.1, 0.15) is 0 Å². The fourth-order valence-electron chi connectivity index (χ4n) is 2.08. The maximum Gasteiger partial charge on any atom is 0.317 e. The fraction of sp³-hybridized carbons (Fsp3) is 0.176. The standard InChI is InChI=1S/C17H18N2O3/c1-11-2-4-12(5-3-11)17(22)13-6-7-15(18)14(8-13)9-19-10-16(20)21/h2-8,19H,9-10,18H2,1H3,(H,20,21). The molecule has 0 bridgehead atoms. The van der Waals surface area contributed by atoms with Crippen molar-refractivity contribution in [3.8, 4) is 0 Å². The number of carboxylic acids is 1. The Bertz CT molecular complexity index is 694. The Hall–Kier alpha value is -2.66. The number of nitrogen functional groups attached to an aromatic ring is 1. The van der Waals surface area contributed by atoms with Crippen LogP contribution in [-0.4, -0.2) is 23.4 Å². The molecule has 0 saturated heterocycles. The highest BCUT2D eigenvalue weighted by Crippen LogP contribution is 2.17. The molecule has 0 aliphatic carbocycles. The highest BCUT2D eigenvalue weighted by Gasteiger charge is 2.11. The summed E-state index contributed by atoms with van der Waals surface area (Å²) < 4.78 is 0. The number of rotatable bonds is 6. The number of benzene rings is 2. The molecule has 5 nitrogen and oxygen atoms in total. The van der Waals surface area contributed by atoms with Crippen molar-refractivity contribution in [3.63, 3.8) is 0 Å². The highest BCUT2D eigenvalue weighted by molar-refractivity contribution is 6.09. The molecule has 2 rings (SSSR count). The van der Waals surface area contributed by atoms with E-state index in [1.165, 1.54) is 0 Å². The first kappa shape index (κ1) is 15.7. The Kier molecular flexibility index (Phi) is 4.91. The van der Waals surface area contributed by atoms with Crippen LogP contribution in [0.4, 0.5) is 5.69 Å². The van der Waals surface area contributed by atoms with Crippen molar-refractivity contribution in [2.24, 2.45) is 0 Å². The Morgan fingerprint density at radius 1 is 1.09 bits per heavy atom. The normalized spacial score (nSPS) is 10.4. The maximum absolute atomic E-state index is 12.4. The summed E-state index contributed by atoms with van der Waals surface area (Å²) >= 11 is 0. The number of carbonyl (C=O) groups excluding carboxylic acids is 1. The van der Waals surface area contributed by atoms with Crippen molar-refractivity contribution < 1.29 is 14.7 Å². The number of hydrogen-bond acceptors (Lipinski definition) is 4. The third-order valence-electron chi connectivity index (χ3n) is 3.31. The van der Waals surface area contributed by atoms with Gasteiger partial charge in [-0.05, 0) is 30.7 Å². The smallest absolute Gasteiger partial charge is 0.317 e. The number of nitrogens with two attached hydrogens (primary N) is 1. The molecule has 0 saturated carbocycles. The van der Waals surface area contributed by atoms with Crippen LogP contribution >= 0.6 is 0 Å².